The molecule has 0 bridgehead atoms. The van der Waals surface area contributed by atoms with Gasteiger partial charge in [-0.15, -0.1) is 0 Å². The molecule has 6 atom stereocenters. The number of rotatable bonds is 22. The van der Waals surface area contributed by atoms with Crippen LogP contribution in [-0.2, 0) is 48.0 Å². The van der Waals surface area contributed by atoms with Gasteiger partial charge in [-0.05, 0) is 63.9 Å². The van der Waals surface area contributed by atoms with Gasteiger partial charge < -0.3 is 37.6 Å². The number of benzene rings is 5. The number of primary amides is 1. The lowest BCUT2D eigenvalue weighted by atomic mass is 9.98. The van der Waals surface area contributed by atoms with Crippen molar-refractivity contribution in [1.82, 2.24) is 31.9 Å². The molecule has 0 unspecified atom stereocenters. The van der Waals surface area contributed by atoms with Crippen LogP contribution in [0.15, 0.2) is 115 Å². The molecule has 0 saturated heterocycles. The normalized spacial score (nSPS) is 14.1. The predicted molar refractivity (Wildman–Crippen MR) is 243 cm³/mol. The third-order valence-electron chi connectivity index (χ3n) is 11.1. The monoisotopic (exact) mass is 841 g/mol. The van der Waals surface area contributed by atoms with Crippen LogP contribution < -0.4 is 37.6 Å². The fraction of sp³-hybridized carbons (Fsp3) is 0.347. The van der Waals surface area contributed by atoms with Crippen molar-refractivity contribution in [2.45, 2.75) is 102 Å². The average molecular weight is 842 g/mol. The van der Waals surface area contributed by atoms with E-state index >= 15 is 0 Å². The number of nitrogens with one attached hydrogen (secondary N) is 6. The Labute approximate surface area is 363 Å². The van der Waals surface area contributed by atoms with Crippen molar-refractivity contribution < 1.29 is 28.8 Å². The predicted octanol–water partition coefficient (Wildman–Crippen LogP) is 4.14. The highest BCUT2D eigenvalue weighted by molar-refractivity contribution is 5.95. The topological polar surface area (TPSA) is 201 Å². The molecule has 0 saturated carbocycles. The van der Waals surface area contributed by atoms with Gasteiger partial charge >= 0.3 is 0 Å². The number of fused-ring (bicyclic) bond motifs is 2. The largest absolute Gasteiger partial charge is 0.368 e. The molecule has 8 N–H and O–H groups in total. The number of hydrogen-bond donors (Lipinski definition) is 7. The lowest BCUT2D eigenvalue weighted by Gasteiger charge is -2.27. The minimum absolute atomic E-state index is 0.185. The van der Waals surface area contributed by atoms with E-state index in [0.717, 1.165) is 38.2 Å². The van der Waals surface area contributed by atoms with Crippen LogP contribution in [0.5, 0.6) is 0 Å². The fourth-order valence-corrected chi connectivity index (χ4v) is 7.66. The van der Waals surface area contributed by atoms with Crippen molar-refractivity contribution >= 4 is 57.0 Å². The summed E-state index contributed by atoms with van der Waals surface area (Å²) in [5, 5.41) is 21.5. The summed E-state index contributed by atoms with van der Waals surface area (Å²) in [5.74, 6) is -2.91. The highest BCUT2D eigenvalue weighted by atomic mass is 16.2. The maximum Gasteiger partial charge on any atom is 0.243 e. The van der Waals surface area contributed by atoms with Gasteiger partial charge in [-0.1, -0.05) is 136 Å². The van der Waals surface area contributed by atoms with Gasteiger partial charge in [-0.2, -0.15) is 0 Å². The molecule has 0 aliphatic heterocycles. The number of amides is 6. The summed E-state index contributed by atoms with van der Waals surface area (Å²) in [5.41, 5.74) is 8.45. The molecule has 0 fully saturated rings. The quantitative estimate of drug-likeness (QED) is 0.0543. The van der Waals surface area contributed by atoms with Crippen LogP contribution >= 0.6 is 0 Å². The van der Waals surface area contributed by atoms with Crippen molar-refractivity contribution in [3.63, 3.8) is 0 Å². The molecule has 13 nitrogen and oxygen atoms in total. The standard InChI is InChI=1S/C49H59N7O6/c1-5-40(46(59)54-42(7-3)48(61)56-43(45(50)58)28-35-23-15-21-33-19-11-13-25-38(33)35)51-30-37(27-32-17-9-8-10-18-32)53-47(60)41(6-2)55-49(62)44(52-31(4)57)29-36-24-16-22-34-20-12-14-26-39(34)36/h8-26,37,40-44,51H,5-7,27-30H2,1-4H3,(H2,50,58)(H,52,57)(H,53,60)(H,54,59)(H,55,62)(H,56,61)/t37-,40-,41-,42-,43-,44+/m0/s1. The van der Waals surface area contributed by atoms with E-state index in [4.69, 9.17) is 5.73 Å². The summed E-state index contributed by atoms with van der Waals surface area (Å²) in [6.07, 6.45) is 1.74. The first-order valence-electron chi connectivity index (χ1n) is 21.4. The lowest BCUT2D eigenvalue weighted by Crippen LogP contribution is -2.58. The first-order valence-corrected chi connectivity index (χ1v) is 21.4. The highest BCUT2D eigenvalue weighted by Crippen LogP contribution is 2.21. The van der Waals surface area contributed by atoms with E-state index in [0.29, 0.717) is 12.8 Å². The molecule has 326 valence electrons. The third kappa shape index (κ3) is 13.0. The molecule has 13 heteroatoms. The molecule has 5 rings (SSSR count). The van der Waals surface area contributed by atoms with Crippen molar-refractivity contribution in [2.24, 2.45) is 5.73 Å². The van der Waals surface area contributed by atoms with Crippen molar-refractivity contribution in [2.75, 3.05) is 6.54 Å². The Morgan fingerprint density at radius 3 is 1.42 bits per heavy atom. The summed E-state index contributed by atoms with van der Waals surface area (Å²) in [6.45, 7) is 6.93. The van der Waals surface area contributed by atoms with Gasteiger partial charge in [0.05, 0.1) is 6.04 Å². The van der Waals surface area contributed by atoms with Crippen molar-refractivity contribution in [3.8, 4) is 0 Å². The summed E-state index contributed by atoms with van der Waals surface area (Å²) in [4.78, 5) is 79.7. The maximum atomic E-state index is 13.9. The Bertz CT molecular complexity index is 2330. The second-order valence-electron chi connectivity index (χ2n) is 15.6. The van der Waals surface area contributed by atoms with Gasteiger partial charge in [-0.3, -0.25) is 28.8 Å². The first kappa shape index (κ1) is 46.5. The number of carbonyl (C=O) groups excluding carboxylic acids is 6. The lowest BCUT2D eigenvalue weighted by molar-refractivity contribution is -0.132. The number of nitrogens with two attached hydrogens (primary N) is 1. The van der Waals surface area contributed by atoms with E-state index in [9.17, 15) is 28.8 Å². The Kier molecular flexibility index (Phi) is 17.1. The van der Waals surface area contributed by atoms with Crippen LogP contribution in [0, 0.1) is 0 Å². The van der Waals surface area contributed by atoms with Gasteiger partial charge in [0.2, 0.25) is 35.4 Å². The van der Waals surface area contributed by atoms with Crippen LogP contribution in [0.4, 0.5) is 0 Å². The molecule has 0 aliphatic rings. The molecule has 0 radical (unpaired) electrons. The molecular formula is C49H59N7O6. The average Bonchev–Trinajstić information content (AvgIpc) is 3.27. The number of hydrogen-bond acceptors (Lipinski definition) is 7. The summed E-state index contributed by atoms with van der Waals surface area (Å²) >= 11 is 0. The van der Waals surface area contributed by atoms with E-state index < -0.39 is 65.8 Å². The molecule has 5 aromatic carbocycles. The SMILES string of the molecule is CC[C@H](NC[C@H](Cc1ccccc1)NC(=O)[C@H](CC)NC(=O)[C@@H](Cc1cccc2ccccc12)NC(C)=O)C(=O)N[C@@H](CC)C(=O)N[C@@H](Cc1cccc2ccccc12)C(N)=O. The van der Waals surface area contributed by atoms with E-state index in [2.05, 4.69) is 31.9 Å². The first-order chi connectivity index (χ1) is 29.9. The van der Waals surface area contributed by atoms with Crippen LogP contribution in [-0.4, -0.2) is 78.2 Å². The maximum absolute atomic E-state index is 13.9. The zero-order valence-electron chi connectivity index (χ0n) is 35.9. The molecule has 0 heterocycles. The molecular weight excluding hydrogens is 783 g/mol. The smallest absolute Gasteiger partial charge is 0.243 e. The Morgan fingerprint density at radius 2 is 0.903 bits per heavy atom. The molecule has 5 aromatic rings. The van der Waals surface area contributed by atoms with E-state index in [1.807, 2.05) is 122 Å². The number of carbonyl (C=O) groups is 6. The molecule has 62 heavy (non-hydrogen) atoms. The minimum Gasteiger partial charge on any atom is -0.368 e. The Balaban J connectivity index is 1.23. The van der Waals surface area contributed by atoms with Gasteiger partial charge in [-0.25, -0.2) is 0 Å². The second-order valence-corrected chi connectivity index (χ2v) is 15.6. The summed E-state index contributed by atoms with van der Waals surface area (Å²) < 4.78 is 0. The third-order valence-corrected chi connectivity index (χ3v) is 11.1. The van der Waals surface area contributed by atoms with Crippen molar-refractivity contribution in [3.05, 3.63) is 132 Å². The van der Waals surface area contributed by atoms with Gasteiger partial charge in [0.1, 0.15) is 24.2 Å². The van der Waals surface area contributed by atoms with Crippen molar-refractivity contribution in [1.29, 1.82) is 0 Å². The molecule has 0 aliphatic carbocycles. The zero-order valence-corrected chi connectivity index (χ0v) is 35.9. The fourth-order valence-electron chi connectivity index (χ4n) is 7.66. The summed E-state index contributed by atoms with van der Waals surface area (Å²) in [6, 6.07) is 31.7. The minimum atomic E-state index is -1.00. The van der Waals surface area contributed by atoms with Crippen LogP contribution in [0.2, 0.25) is 0 Å². The van der Waals surface area contributed by atoms with Gasteiger partial charge in [0.15, 0.2) is 0 Å². The Morgan fingerprint density at radius 1 is 0.468 bits per heavy atom. The zero-order chi connectivity index (χ0) is 44.6. The highest BCUT2D eigenvalue weighted by Gasteiger charge is 2.30. The van der Waals surface area contributed by atoms with Gasteiger partial charge in [0, 0.05) is 32.4 Å². The second kappa shape index (κ2) is 22.8. The van der Waals surface area contributed by atoms with E-state index in [1.54, 1.807) is 13.8 Å². The molecule has 0 aromatic heterocycles. The molecule has 0 spiro atoms. The molecule has 6 amide bonds. The van der Waals surface area contributed by atoms with Crippen LogP contribution in [0.1, 0.15) is 63.6 Å². The van der Waals surface area contributed by atoms with Crippen LogP contribution in [0.3, 0.4) is 0 Å². The van der Waals surface area contributed by atoms with E-state index in [1.165, 1.54) is 6.92 Å². The summed E-state index contributed by atoms with van der Waals surface area (Å²) in [7, 11) is 0. The van der Waals surface area contributed by atoms with Crippen LogP contribution in [0.25, 0.3) is 21.5 Å². The van der Waals surface area contributed by atoms with E-state index in [-0.39, 0.29) is 38.1 Å². The Hall–Kier alpha value is -6.60. The van der Waals surface area contributed by atoms with Gasteiger partial charge in [0.25, 0.3) is 0 Å².